The van der Waals surface area contributed by atoms with Gasteiger partial charge in [0.05, 0.1) is 6.10 Å². The Kier molecular flexibility index (Phi) is 3.80. The Hall–Kier alpha value is -2.12. The number of ether oxygens (including phenoxy) is 1. The molecule has 3 heterocycles. The summed E-state index contributed by atoms with van der Waals surface area (Å²) >= 11 is 6.32. The predicted molar refractivity (Wildman–Crippen MR) is 83.7 cm³/mol. The molecule has 3 rings (SSSR count). The van der Waals surface area contributed by atoms with E-state index >= 15 is 0 Å². The standard InChI is InChI=1S/C14H14ClFN4O4/c1-3-14(15)9(22)8(5(2)21)24-12(14)20-4-6(16)7-10(20)18-13(17)19-11(7)23/h1,4-5,8-9,12,21-22H,2H3,(H3,17,18,19,23)/t5-,8-,9?,12-,14-/m1/s1. The van der Waals surface area contributed by atoms with Crippen molar-refractivity contribution in [3.05, 3.63) is 22.4 Å². The second kappa shape index (κ2) is 5.46. The van der Waals surface area contributed by atoms with E-state index in [2.05, 4.69) is 15.9 Å². The molecular formula is C14H14ClFN4O4. The molecule has 0 aliphatic carbocycles. The normalized spacial score (nSPS) is 31.2. The Morgan fingerprint density at radius 1 is 1.71 bits per heavy atom. The van der Waals surface area contributed by atoms with Crippen LogP contribution in [-0.4, -0.2) is 47.9 Å². The molecule has 2 aromatic rings. The van der Waals surface area contributed by atoms with E-state index in [1.807, 2.05) is 0 Å². The number of anilines is 1. The number of hydrogen-bond donors (Lipinski definition) is 4. The van der Waals surface area contributed by atoms with Gasteiger partial charge in [0.2, 0.25) is 5.95 Å². The number of nitrogens with zero attached hydrogens (tertiary/aromatic N) is 2. The summed E-state index contributed by atoms with van der Waals surface area (Å²) in [5.74, 6) is 1.10. The van der Waals surface area contributed by atoms with Gasteiger partial charge in [0.25, 0.3) is 5.56 Å². The molecular weight excluding hydrogens is 343 g/mol. The van der Waals surface area contributed by atoms with E-state index in [0.29, 0.717) is 0 Å². The van der Waals surface area contributed by atoms with Crippen LogP contribution in [-0.2, 0) is 4.74 Å². The summed E-state index contributed by atoms with van der Waals surface area (Å²) in [6, 6.07) is 0. The minimum absolute atomic E-state index is 0.141. The largest absolute Gasteiger partial charge is 0.391 e. The zero-order valence-electron chi connectivity index (χ0n) is 12.4. The van der Waals surface area contributed by atoms with Crippen LogP contribution in [0.25, 0.3) is 11.0 Å². The lowest BCUT2D eigenvalue weighted by Crippen LogP contribution is -2.43. The average molecular weight is 357 g/mol. The lowest BCUT2D eigenvalue weighted by molar-refractivity contribution is -0.0752. The third-order valence-electron chi connectivity index (χ3n) is 3.99. The maximum Gasteiger partial charge on any atom is 0.264 e. The van der Waals surface area contributed by atoms with E-state index in [1.165, 1.54) is 6.92 Å². The second-order valence-corrected chi connectivity index (χ2v) is 6.21. The predicted octanol–water partition coefficient (Wildman–Crippen LogP) is -0.304. The van der Waals surface area contributed by atoms with Crippen LogP contribution in [0.4, 0.5) is 10.3 Å². The number of rotatable bonds is 2. The second-order valence-electron chi connectivity index (χ2n) is 5.58. The summed E-state index contributed by atoms with van der Waals surface area (Å²) in [6.45, 7) is 1.39. The summed E-state index contributed by atoms with van der Waals surface area (Å²) in [5.41, 5.74) is 4.58. The molecule has 5 N–H and O–H groups in total. The van der Waals surface area contributed by atoms with Gasteiger partial charge in [-0.05, 0) is 6.92 Å². The van der Waals surface area contributed by atoms with E-state index < -0.39 is 40.8 Å². The van der Waals surface area contributed by atoms with Gasteiger partial charge in [-0.1, -0.05) is 17.5 Å². The number of terminal acetylenes is 1. The fourth-order valence-electron chi connectivity index (χ4n) is 2.82. The topological polar surface area (TPSA) is 126 Å². The van der Waals surface area contributed by atoms with Gasteiger partial charge in [0.15, 0.2) is 22.6 Å². The van der Waals surface area contributed by atoms with Gasteiger partial charge >= 0.3 is 0 Å². The first-order valence-corrected chi connectivity index (χ1v) is 7.32. The molecule has 0 amide bonds. The first-order valence-electron chi connectivity index (χ1n) is 6.94. The zero-order chi connectivity index (χ0) is 17.8. The van der Waals surface area contributed by atoms with Crippen LogP contribution in [0.3, 0.4) is 0 Å². The highest BCUT2D eigenvalue weighted by Gasteiger charge is 2.57. The third-order valence-corrected chi connectivity index (χ3v) is 4.51. The van der Waals surface area contributed by atoms with Crippen molar-refractivity contribution in [1.82, 2.24) is 14.5 Å². The van der Waals surface area contributed by atoms with Crippen molar-refractivity contribution in [2.75, 3.05) is 5.73 Å². The Labute approximate surface area is 140 Å². The number of aliphatic hydroxyl groups is 2. The third kappa shape index (κ3) is 2.19. The first kappa shape index (κ1) is 16.7. The summed E-state index contributed by atoms with van der Waals surface area (Å²) in [7, 11) is 0. The number of alkyl halides is 1. The van der Waals surface area contributed by atoms with Crippen LogP contribution in [0, 0.1) is 18.2 Å². The molecule has 1 aliphatic heterocycles. The van der Waals surface area contributed by atoms with Gasteiger partial charge in [-0.3, -0.25) is 14.3 Å². The van der Waals surface area contributed by atoms with Crippen molar-refractivity contribution >= 4 is 28.6 Å². The smallest absolute Gasteiger partial charge is 0.264 e. The molecule has 128 valence electrons. The molecule has 2 aromatic heterocycles. The quantitative estimate of drug-likeness (QED) is 0.432. The molecule has 24 heavy (non-hydrogen) atoms. The number of nitrogens with one attached hydrogen (secondary N) is 1. The van der Waals surface area contributed by atoms with Crippen LogP contribution in [0.15, 0.2) is 11.0 Å². The fourth-order valence-corrected chi connectivity index (χ4v) is 3.10. The van der Waals surface area contributed by atoms with Crippen molar-refractivity contribution in [3.8, 4) is 12.3 Å². The highest BCUT2D eigenvalue weighted by molar-refractivity contribution is 6.27. The van der Waals surface area contributed by atoms with Crippen molar-refractivity contribution in [3.63, 3.8) is 0 Å². The van der Waals surface area contributed by atoms with Gasteiger partial charge in [-0.2, -0.15) is 4.98 Å². The van der Waals surface area contributed by atoms with Crippen LogP contribution >= 0.6 is 11.6 Å². The van der Waals surface area contributed by atoms with E-state index in [9.17, 15) is 19.4 Å². The van der Waals surface area contributed by atoms with Crippen LogP contribution in [0.2, 0.25) is 0 Å². The average Bonchev–Trinajstić information content (AvgIpc) is 2.95. The van der Waals surface area contributed by atoms with Crippen LogP contribution < -0.4 is 11.3 Å². The molecule has 0 saturated carbocycles. The minimum Gasteiger partial charge on any atom is -0.391 e. The Balaban J connectivity index is 2.24. The maximum atomic E-state index is 14.2. The van der Waals surface area contributed by atoms with Crippen molar-refractivity contribution in [2.24, 2.45) is 0 Å². The number of halogens is 2. The minimum atomic E-state index is -1.81. The number of aromatic nitrogens is 3. The van der Waals surface area contributed by atoms with Crippen LogP contribution in [0.5, 0.6) is 0 Å². The monoisotopic (exact) mass is 356 g/mol. The number of aromatic amines is 1. The summed E-state index contributed by atoms with van der Waals surface area (Å²) in [5, 5.41) is 19.7. The first-order chi connectivity index (χ1) is 11.2. The molecule has 1 fully saturated rings. The molecule has 10 heteroatoms. The van der Waals surface area contributed by atoms with E-state index in [1.54, 1.807) is 0 Å². The van der Waals surface area contributed by atoms with Gasteiger partial charge < -0.3 is 20.7 Å². The molecule has 8 nitrogen and oxygen atoms in total. The van der Waals surface area contributed by atoms with Gasteiger partial charge in [-0.25, -0.2) is 4.39 Å². The molecule has 0 bridgehead atoms. The number of H-pyrrole nitrogens is 1. The lowest BCUT2D eigenvalue weighted by atomic mass is 9.97. The Bertz CT molecular complexity index is 905. The van der Waals surface area contributed by atoms with Crippen molar-refractivity contribution < 1.29 is 19.3 Å². The van der Waals surface area contributed by atoms with Gasteiger partial charge in [-0.15, -0.1) is 6.42 Å². The van der Waals surface area contributed by atoms with Crippen molar-refractivity contribution in [2.45, 2.75) is 36.3 Å². The zero-order valence-corrected chi connectivity index (χ0v) is 13.2. The highest BCUT2D eigenvalue weighted by atomic mass is 35.5. The van der Waals surface area contributed by atoms with E-state index in [-0.39, 0.29) is 17.0 Å². The van der Waals surface area contributed by atoms with E-state index in [4.69, 9.17) is 28.5 Å². The molecule has 5 atom stereocenters. The number of aliphatic hydroxyl groups excluding tert-OH is 2. The summed E-state index contributed by atoms with van der Waals surface area (Å²) in [6.07, 6.45) is 1.45. The SMILES string of the molecule is C#C[C@@]1(Cl)C(O)[C@@H]([C@@H](C)O)O[C@H]1n1cc(F)c2c(=O)[nH]c(N)nc21. The lowest BCUT2D eigenvalue weighted by Gasteiger charge is -2.25. The number of hydrogen-bond acceptors (Lipinski definition) is 6. The van der Waals surface area contributed by atoms with E-state index in [0.717, 1.165) is 10.8 Å². The molecule has 0 spiro atoms. The molecule has 0 radical (unpaired) electrons. The molecule has 0 aromatic carbocycles. The molecule has 1 saturated heterocycles. The Morgan fingerprint density at radius 2 is 2.38 bits per heavy atom. The number of fused-ring (bicyclic) bond motifs is 1. The highest BCUT2D eigenvalue weighted by Crippen LogP contribution is 2.45. The summed E-state index contributed by atoms with van der Waals surface area (Å²) in [4.78, 5) is 16.2. The molecule has 1 unspecified atom stereocenters. The van der Waals surface area contributed by atoms with Gasteiger partial charge in [0.1, 0.15) is 17.6 Å². The Morgan fingerprint density at radius 3 is 2.96 bits per heavy atom. The fraction of sp³-hybridized carbons (Fsp3) is 0.429. The summed E-state index contributed by atoms with van der Waals surface area (Å²) < 4.78 is 20.8. The van der Waals surface area contributed by atoms with Gasteiger partial charge in [0, 0.05) is 6.20 Å². The van der Waals surface area contributed by atoms with Crippen LogP contribution in [0.1, 0.15) is 13.2 Å². The number of nitrogens with two attached hydrogens (primary N) is 1. The maximum absolute atomic E-state index is 14.2. The number of nitrogen functional groups attached to an aromatic ring is 1. The molecule has 1 aliphatic rings. The van der Waals surface area contributed by atoms with Crippen molar-refractivity contribution in [1.29, 1.82) is 0 Å².